The van der Waals surface area contributed by atoms with Gasteiger partial charge in [-0.3, -0.25) is 0 Å². The molecule has 3 N–H and O–H groups in total. The molecule has 3 nitrogen and oxygen atoms in total. The highest BCUT2D eigenvalue weighted by atomic mass is 16.3. The minimum absolute atomic E-state index is 0.126. The molecule has 0 amide bonds. The van der Waals surface area contributed by atoms with Crippen LogP contribution in [0.1, 0.15) is 239 Å². The second-order valence-corrected chi connectivity index (χ2v) is 21.1. The Hall–Kier alpha value is -2.00. The molecular weight excluding hydrogens is 659 g/mol. The fourth-order valence-corrected chi connectivity index (χ4v) is 7.97. The van der Waals surface area contributed by atoms with Crippen LogP contribution in [0.2, 0.25) is 0 Å². The van der Waals surface area contributed by atoms with Crippen LogP contribution in [0.3, 0.4) is 0 Å². The van der Waals surface area contributed by atoms with Crippen molar-refractivity contribution < 1.29 is 10.2 Å². The molecule has 0 aliphatic heterocycles. The maximum Gasteiger partial charge on any atom is 0.123 e. The maximum atomic E-state index is 11.3. The third-order valence-electron chi connectivity index (χ3n) is 11.6. The number of nitrogens with one attached hydrogen (secondary N) is 1. The minimum Gasteiger partial charge on any atom is -0.507 e. The molecule has 2 aromatic carbocycles. The molecule has 0 aliphatic carbocycles. The van der Waals surface area contributed by atoms with Gasteiger partial charge in [-0.2, -0.15) is 0 Å². The Morgan fingerprint density at radius 1 is 0.426 bits per heavy atom. The van der Waals surface area contributed by atoms with Gasteiger partial charge in [0.05, 0.1) is 0 Å². The largest absolute Gasteiger partial charge is 0.507 e. The quantitative estimate of drug-likeness (QED) is 0.0937. The van der Waals surface area contributed by atoms with E-state index in [4.69, 9.17) is 0 Å². The zero-order valence-corrected chi connectivity index (χ0v) is 38.1. The van der Waals surface area contributed by atoms with Gasteiger partial charge in [0.15, 0.2) is 0 Å². The van der Waals surface area contributed by atoms with Crippen molar-refractivity contribution in [1.29, 1.82) is 0 Å². The zero-order valence-electron chi connectivity index (χ0n) is 38.1. The predicted octanol–water partition coefficient (Wildman–Crippen LogP) is 15.1. The molecule has 0 saturated heterocycles. The topological polar surface area (TPSA) is 52.5 Å². The molecule has 54 heavy (non-hydrogen) atoms. The SMILES string of the molecule is CCCCCCCCCCCCCCCCCCNC(CCc1cc(C(C)(C)C)c(O)c(C(C)(C)C)c1)CCc1cc(C(C)(C)C)c(O)c(C(C)(C)C)c1. The highest BCUT2D eigenvalue weighted by Crippen LogP contribution is 2.41. The molecule has 0 saturated carbocycles. The summed E-state index contributed by atoms with van der Waals surface area (Å²) in [6.45, 7) is 29.8. The van der Waals surface area contributed by atoms with Crippen LogP contribution in [0.5, 0.6) is 11.5 Å². The van der Waals surface area contributed by atoms with Gasteiger partial charge >= 0.3 is 0 Å². The Labute approximate surface area is 336 Å². The van der Waals surface area contributed by atoms with E-state index in [1.54, 1.807) is 0 Å². The molecule has 0 fully saturated rings. The van der Waals surface area contributed by atoms with Crippen molar-refractivity contribution in [3.8, 4) is 11.5 Å². The van der Waals surface area contributed by atoms with Crippen LogP contribution < -0.4 is 5.32 Å². The number of aryl methyl sites for hydroxylation is 2. The molecule has 0 aliphatic rings. The van der Waals surface area contributed by atoms with Crippen LogP contribution in [-0.4, -0.2) is 22.8 Å². The highest BCUT2D eigenvalue weighted by molar-refractivity contribution is 5.51. The number of benzene rings is 2. The van der Waals surface area contributed by atoms with E-state index in [-0.39, 0.29) is 21.7 Å². The summed E-state index contributed by atoms with van der Waals surface area (Å²) in [6, 6.07) is 9.46. The Kier molecular flexibility index (Phi) is 20.2. The number of hydrogen-bond acceptors (Lipinski definition) is 3. The van der Waals surface area contributed by atoms with Gasteiger partial charge in [0.25, 0.3) is 0 Å². The second kappa shape index (κ2) is 22.7. The number of unbranched alkanes of at least 4 members (excludes halogenated alkanes) is 15. The summed E-state index contributed by atoms with van der Waals surface area (Å²) in [6.07, 6.45) is 26.4. The molecule has 0 atom stereocenters. The van der Waals surface area contributed by atoms with Gasteiger partial charge in [-0.05, 0) is 93.7 Å². The lowest BCUT2D eigenvalue weighted by molar-refractivity contribution is 0.420. The molecule has 2 aromatic rings. The number of rotatable bonds is 24. The van der Waals surface area contributed by atoms with E-state index in [0.29, 0.717) is 17.5 Å². The lowest BCUT2D eigenvalue weighted by Gasteiger charge is -2.29. The van der Waals surface area contributed by atoms with Crippen molar-refractivity contribution in [3.05, 3.63) is 57.6 Å². The fraction of sp³-hybridized carbons (Fsp3) is 0.765. The lowest BCUT2D eigenvalue weighted by atomic mass is 9.77. The first-order chi connectivity index (χ1) is 25.2. The summed E-state index contributed by atoms with van der Waals surface area (Å²) < 4.78 is 0. The average molecular weight is 748 g/mol. The number of hydrogen-bond donors (Lipinski definition) is 3. The Morgan fingerprint density at radius 2 is 0.685 bits per heavy atom. The van der Waals surface area contributed by atoms with E-state index in [1.165, 1.54) is 114 Å². The van der Waals surface area contributed by atoms with Crippen molar-refractivity contribution in [2.75, 3.05) is 6.54 Å². The van der Waals surface area contributed by atoms with Crippen molar-refractivity contribution >= 4 is 0 Å². The zero-order chi connectivity index (χ0) is 40.6. The van der Waals surface area contributed by atoms with Crippen molar-refractivity contribution in [3.63, 3.8) is 0 Å². The van der Waals surface area contributed by atoms with Gasteiger partial charge in [-0.1, -0.05) is 211 Å². The third-order valence-corrected chi connectivity index (χ3v) is 11.6. The number of phenolic OH excluding ortho intramolecular Hbond substituents is 2. The molecule has 2 rings (SSSR count). The van der Waals surface area contributed by atoms with Crippen molar-refractivity contribution in [2.45, 2.75) is 246 Å². The van der Waals surface area contributed by atoms with Gasteiger partial charge in [-0.15, -0.1) is 0 Å². The average Bonchev–Trinajstić information content (AvgIpc) is 3.05. The monoisotopic (exact) mass is 748 g/mol. The maximum absolute atomic E-state index is 11.3. The van der Waals surface area contributed by atoms with Gasteiger partial charge < -0.3 is 15.5 Å². The molecule has 0 spiro atoms. The van der Waals surface area contributed by atoms with Crippen LogP contribution in [-0.2, 0) is 34.5 Å². The summed E-state index contributed by atoms with van der Waals surface area (Å²) in [5.41, 5.74) is 6.36. The molecule has 3 heteroatoms. The van der Waals surface area contributed by atoms with Crippen molar-refractivity contribution in [1.82, 2.24) is 5.32 Å². The van der Waals surface area contributed by atoms with Gasteiger partial charge in [-0.25, -0.2) is 0 Å². The molecule has 310 valence electrons. The molecule has 0 bridgehead atoms. The molecule has 0 heterocycles. The summed E-state index contributed by atoms with van der Waals surface area (Å²) in [4.78, 5) is 0. The Morgan fingerprint density at radius 3 is 0.944 bits per heavy atom. The molecule has 0 unspecified atom stereocenters. The normalized spacial score (nSPS) is 13.0. The fourth-order valence-electron chi connectivity index (χ4n) is 7.97. The van der Waals surface area contributed by atoms with Crippen molar-refractivity contribution in [2.24, 2.45) is 0 Å². The van der Waals surface area contributed by atoms with Crippen LogP contribution >= 0.6 is 0 Å². The summed E-state index contributed by atoms with van der Waals surface area (Å²) in [5.74, 6) is 0.933. The van der Waals surface area contributed by atoms with Gasteiger partial charge in [0.2, 0.25) is 0 Å². The van der Waals surface area contributed by atoms with E-state index in [1.807, 2.05) is 0 Å². The standard InChI is InChI=1S/C51H89NO2/c1-14-15-16-17-18-19-20-21-22-23-24-25-26-27-28-29-34-52-41(32-30-39-35-42(48(2,3)4)46(53)43(36-39)49(5,6)7)33-31-40-37-44(50(8,9)10)47(54)45(38-40)51(11,12)13/h35-38,41,52-54H,14-34H2,1-13H3. The number of phenols is 2. The van der Waals surface area contributed by atoms with Gasteiger partial charge in [0, 0.05) is 6.04 Å². The highest BCUT2D eigenvalue weighted by Gasteiger charge is 2.28. The number of aromatic hydroxyl groups is 2. The first-order valence-corrected chi connectivity index (χ1v) is 22.6. The van der Waals surface area contributed by atoms with Crippen LogP contribution in [0, 0.1) is 0 Å². The molecule has 0 radical (unpaired) electrons. The first-order valence-electron chi connectivity index (χ1n) is 22.6. The van der Waals surface area contributed by atoms with E-state index < -0.39 is 0 Å². The third kappa shape index (κ3) is 17.4. The Balaban J connectivity index is 2.02. The van der Waals surface area contributed by atoms with E-state index in [2.05, 4.69) is 120 Å². The summed E-state index contributed by atoms with van der Waals surface area (Å²) in [7, 11) is 0. The van der Waals surface area contributed by atoms with Crippen LogP contribution in [0.4, 0.5) is 0 Å². The smallest absolute Gasteiger partial charge is 0.123 e. The van der Waals surface area contributed by atoms with E-state index >= 15 is 0 Å². The lowest BCUT2D eigenvalue weighted by Crippen LogP contribution is -2.31. The van der Waals surface area contributed by atoms with Crippen LogP contribution in [0.15, 0.2) is 24.3 Å². The molecule has 0 aromatic heterocycles. The summed E-state index contributed by atoms with van der Waals surface area (Å²) in [5, 5.41) is 26.7. The minimum atomic E-state index is -0.126. The van der Waals surface area contributed by atoms with E-state index in [0.717, 1.165) is 54.5 Å². The summed E-state index contributed by atoms with van der Waals surface area (Å²) >= 11 is 0. The van der Waals surface area contributed by atoms with Crippen LogP contribution in [0.25, 0.3) is 0 Å². The second-order valence-electron chi connectivity index (χ2n) is 21.1. The Bertz CT molecular complexity index is 1190. The predicted molar refractivity (Wildman–Crippen MR) is 239 cm³/mol. The molecular formula is C51H89NO2. The van der Waals surface area contributed by atoms with Gasteiger partial charge in [0.1, 0.15) is 11.5 Å². The van der Waals surface area contributed by atoms with E-state index in [9.17, 15) is 10.2 Å². The first kappa shape index (κ1) is 48.1.